The molecule has 0 atom stereocenters. The lowest BCUT2D eigenvalue weighted by molar-refractivity contribution is 0.125. The lowest BCUT2D eigenvalue weighted by Gasteiger charge is -2.36. The lowest BCUT2D eigenvalue weighted by atomic mass is 9.96. The summed E-state index contributed by atoms with van der Waals surface area (Å²) >= 11 is 0. The zero-order valence-electron chi connectivity index (χ0n) is 19.2. The van der Waals surface area contributed by atoms with Gasteiger partial charge in [0.15, 0.2) is 15.5 Å². The average molecular weight is 491 g/mol. The van der Waals surface area contributed by atoms with E-state index in [9.17, 15) is 22.7 Å². The molecular weight excluding hydrogens is 463 g/mol. The van der Waals surface area contributed by atoms with Crippen molar-refractivity contribution in [3.8, 4) is 5.69 Å². The first kappa shape index (κ1) is 23.9. The third-order valence-corrected chi connectivity index (χ3v) is 7.27. The Labute approximate surface area is 196 Å². The van der Waals surface area contributed by atoms with E-state index in [1.165, 1.54) is 28.0 Å². The Kier molecular flexibility index (Phi) is 6.43. The lowest BCUT2D eigenvalue weighted by Crippen LogP contribution is -2.43. The van der Waals surface area contributed by atoms with Crippen molar-refractivity contribution in [2.45, 2.75) is 37.6 Å². The molecule has 1 N–H and O–H groups in total. The topological polar surface area (TPSA) is 122 Å². The second kappa shape index (κ2) is 9.16. The van der Waals surface area contributed by atoms with Crippen LogP contribution in [0.25, 0.3) is 16.7 Å². The van der Waals surface area contributed by atoms with Crippen molar-refractivity contribution in [3.05, 3.63) is 36.5 Å². The molecule has 0 aliphatic carbocycles. The number of hydrogen-bond donors (Lipinski definition) is 1. The van der Waals surface area contributed by atoms with Crippen LogP contribution in [-0.2, 0) is 9.84 Å². The molecule has 3 aromatic rings. The van der Waals surface area contributed by atoms with Crippen LogP contribution in [0.5, 0.6) is 0 Å². The maximum absolute atomic E-state index is 14.8. The Morgan fingerprint density at radius 2 is 1.97 bits per heavy atom. The van der Waals surface area contributed by atoms with Gasteiger partial charge in [-0.05, 0) is 50.8 Å². The Bertz CT molecular complexity index is 1320. The summed E-state index contributed by atoms with van der Waals surface area (Å²) in [6, 6.07) is 3.79. The molecule has 1 aliphatic heterocycles. The van der Waals surface area contributed by atoms with Crippen LogP contribution in [-0.4, -0.2) is 76.2 Å². The fourth-order valence-electron chi connectivity index (χ4n) is 4.25. The molecule has 0 radical (unpaired) electrons. The predicted molar refractivity (Wildman–Crippen MR) is 125 cm³/mol. The smallest absolute Gasteiger partial charge is 0.407 e. The molecule has 1 aliphatic rings. The number of nitrogens with zero attached hydrogens (tertiary/aromatic N) is 6. The highest BCUT2D eigenvalue weighted by Crippen LogP contribution is 2.29. The first-order valence-electron chi connectivity index (χ1n) is 11.0. The first-order chi connectivity index (χ1) is 16.1. The van der Waals surface area contributed by atoms with Crippen molar-refractivity contribution < 1.29 is 22.7 Å². The fourth-order valence-corrected chi connectivity index (χ4v) is 4.89. The number of halogens is 1. The minimum Gasteiger partial charge on any atom is -0.465 e. The summed E-state index contributed by atoms with van der Waals surface area (Å²) in [5.41, 5.74) is 0.492. The number of fused-ring (bicyclic) bond motifs is 1. The summed E-state index contributed by atoms with van der Waals surface area (Å²) in [5, 5.41) is 14.2. The van der Waals surface area contributed by atoms with E-state index in [2.05, 4.69) is 20.0 Å². The Morgan fingerprint density at radius 1 is 1.26 bits per heavy atom. The zero-order chi connectivity index (χ0) is 24.6. The van der Waals surface area contributed by atoms with Gasteiger partial charge in [-0.3, -0.25) is 0 Å². The number of sulfone groups is 1. The summed E-state index contributed by atoms with van der Waals surface area (Å²) in [5.74, 6) is 0.248. The minimum absolute atomic E-state index is 0.0872. The zero-order valence-corrected chi connectivity index (χ0v) is 20.0. The molecule has 182 valence electrons. The van der Waals surface area contributed by atoms with Crippen molar-refractivity contribution in [3.63, 3.8) is 0 Å². The van der Waals surface area contributed by atoms with Gasteiger partial charge < -0.3 is 14.9 Å². The molecule has 1 fully saturated rings. The van der Waals surface area contributed by atoms with Gasteiger partial charge in [-0.15, -0.1) is 0 Å². The van der Waals surface area contributed by atoms with Crippen molar-refractivity contribution in [1.29, 1.82) is 0 Å². The van der Waals surface area contributed by atoms with Gasteiger partial charge in [-0.2, -0.15) is 5.10 Å². The molecule has 34 heavy (non-hydrogen) atoms. The third kappa shape index (κ3) is 4.67. The molecular formula is C22H27FN6O4S. The number of amides is 1. The van der Waals surface area contributed by atoms with E-state index in [1.54, 1.807) is 6.20 Å². The third-order valence-electron chi connectivity index (χ3n) is 6.16. The van der Waals surface area contributed by atoms with Gasteiger partial charge in [0.25, 0.3) is 0 Å². The van der Waals surface area contributed by atoms with Crippen molar-refractivity contribution >= 4 is 32.8 Å². The number of piperidine rings is 1. The number of rotatable bonds is 6. The molecule has 4 rings (SSSR count). The van der Waals surface area contributed by atoms with Gasteiger partial charge in [0.2, 0.25) is 0 Å². The Morgan fingerprint density at radius 3 is 2.56 bits per heavy atom. The second-order valence-corrected chi connectivity index (χ2v) is 10.9. The number of aromatic nitrogens is 4. The van der Waals surface area contributed by atoms with Crippen LogP contribution >= 0.6 is 0 Å². The maximum Gasteiger partial charge on any atom is 0.407 e. The average Bonchev–Trinajstić information content (AvgIpc) is 3.21. The monoisotopic (exact) mass is 490 g/mol. The summed E-state index contributed by atoms with van der Waals surface area (Å²) in [4.78, 5) is 23.5. The van der Waals surface area contributed by atoms with Crippen LogP contribution < -0.4 is 4.90 Å². The van der Waals surface area contributed by atoms with E-state index in [1.807, 2.05) is 13.8 Å². The molecule has 12 heteroatoms. The number of carboxylic acid groups (broad SMARTS) is 1. The highest BCUT2D eigenvalue weighted by atomic mass is 32.2. The number of benzene rings is 1. The van der Waals surface area contributed by atoms with E-state index >= 15 is 0 Å². The fraction of sp³-hybridized carbons (Fsp3) is 0.455. The molecule has 1 amide bonds. The molecule has 0 spiro atoms. The van der Waals surface area contributed by atoms with Crippen LogP contribution in [0.15, 0.2) is 35.6 Å². The highest BCUT2D eigenvalue weighted by molar-refractivity contribution is 7.90. The Balaban J connectivity index is 1.66. The molecule has 3 heterocycles. The van der Waals surface area contributed by atoms with E-state index in [0.717, 1.165) is 25.2 Å². The van der Waals surface area contributed by atoms with Gasteiger partial charge in [0.1, 0.15) is 23.6 Å². The summed E-state index contributed by atoms with van der Waals surface area (Å²) in [6.07, 6.45) is 4.65. The molecule has 0 saturated carbocycles. The minimum atomic E-state index is -3.54. The van der Waals surface area contributed by atoms with Gasteiger partial charge in [0, 0.05) is 31.9 Å². The van der Waals surface area contributed by atoms with Gasteiger partial charge in [0.05, 0.1) is 16.5 Å². The Hall–Kier alpha value is -3.28. The summed E-state index contributed by atoms with van der Waals surface area (Å²) in [6.45, 7) is 5.81. The highest BCUT2D eigenvalue weighted by Gasteiger charge is 2.27. The molecule has 1 saturated heterocycles. The van der Waals surface area contributed by atoms with Crippen molar-refractivity contribution in [1.82, 2.24) is 24.6 Å². The molecule has 1 aromatic carbocycles. The van der Waals surface area contributed by atoms with Crippen LogP contribution in [0.3, 0.4) is 0 Å². The van der Waals surface area contributed by atoms with Gasteiger partial charge >= 0.3 is 6.09 Å². The standard InChI is InChI=1S/C22H27FN6O4S/c1-14(2)28(12-15-6-8-27(9-7-15)22(30)31)20-17-11-26-29(21(17)25-13-24-20)19-5-4-16(10-18(19)23)34(3,32)33/h4-5,10-11,13-15H,6-9,12H2,1-3H3,(H,30,31). The molecule has 0 unspecified atom stereocenters. The molecule has 10 nitrogen and oxygen atoms in total. The summed E-state index contributed by atoms with van der Waals surface area (Å²) in [7, 11) is -3.54. The number of hydrogen-bond acceptors (Lipinski definition) is 7. The molecule has 0 bridgehead atoms. The van der Waals surface area contributed by atoms with Crippen molar-refractivity contribution in [2.75, 3.05) is 30.8 Å². The van der Waals surface area contributed by atoms with E-state index < -0.39 is 21.7 Å². The second-order valence-electron chi connectivity index (χ2n) is 8.84. The van der Waals surface area contributed by atoms with Gasteiger partial charge in [-0.1, -0.05) is 0 Å². The SMILES string of the molecule is CC(C)N(CC1CCN(C(=O)O)CC1)c1ncnc2c1cnn2-c1ccc(S(C)(=O)=O)cc1F. The van der Waals surface area contributed by atoms with Crippen LogP contribution in [0.2, 0.25) is 0 Å². The molecule has 2 aromatic heterocycles. The van der Waals surface area contributed by atoms with E-state index in [4.69, 9.17) is 0 Å². The maximum atomic E-state index is 14.8. The van der Waals surface area contributed by atoms with E-state index in [0.29, 0.717) is 42.4 Å². The quantitative estimate of drug-likeness (QED) is 0.560. The first-order valence-corrected chi connectivity index (χ1v) is 12.9. The predicted octanol–water partition coefficient (Wildman–Crippen LogP) is 2.96. The van der Waals surface area contributed by atoms with E-state index in [-0.39, 0.29) is 16.6 Å². The number of carbonyl (C=O) groups is 1. The summed E-state index contributed by atoms with van der Waals surface area (Å²) < 4.78 is 39.7. The number of anilines is 1. The van der Waals surface area contributed by atoms with Crippen molar-refractivity contribution in [2.24, 2.45) is 5.92 Å². The van der Waals surface area contributed by atoms with Crippen LogP contribution in [0.1, 0.15) is 26.7 Å². The van der Waals surface area contributed by atoms with Crippen LogP contribution in [0, 0.1) is 11.7 Å². The largest absolute Gasteiger partial charge is 0.465 e. The van der Waals surface area contributed by atoms with Gasteiger partial charge in [-0.25, -0.2) is 32.3 Å². The number of likely N-dealkylation sites (tertiary alicyclic amines) is 1. The van der Waals surface area contributed by atoms with Crippen LogP contribution in [0.4, 0.5) is 15.0 Å². The normalized spacial score (nSPS) is 15.3.